The number of Topliss-reactive ketones (excluding diaryl/α,β-unsaturated/α-hetero) is 1. The Bertz CT molecular complexity index is 463. The van der Waals surface area contributed by atoms with E-state index in [1.165, 1.54) is 5.56 Å². The van der Waals surface area contributed by atoms with Gasteiger partial charge < -0.3 is 4.74 Å². The molecule has 0 spiro atoms. The maximum absolute atomic E-state index is 12.6. The molecular formula is C18H24O2. The van der Waals surface area contributed by atoms with Crippen LogP contribution >= 0.6 is 0 Å². The predicted octanol–water partition coefficient (Wildman–Crippen LogP) is 4.03. The molecule has 1 aromatic carbocycles. The van der Waals surface area contributed by atoms with Crippen LogP contribution in [0.1, 0.15) is 55.5 Å². The van der Waals surface area contributed by atoms with E-state index >= 15 is 0 Å². The summed E-state index contributed by atoms with van der Waals surface area (Å²) in [6.45, 7) is 4.44. The molecule has 0 saturated carbocycles. The molecule has 2 atom stereocenters. The van der Waals surface area contributed by atoms with Gasteiger partial charge in [-0.3, -0.25) is 4.79 Å². The fourth-order valence-corrected chi connectivity index (χ4v) is 3.58. The van der Waals surface area contributed by atoms with E-state index in [2.05, 4.69) is 26.0 Å². The van der Waals surface area contributed by atoms with Gasteiger partial charge in [-0.1, -0.05) is 38.1 Å². The summed E-state index contributed by atoms with van der Waals surface area (Å²) < 4.78 is 5.82. The normalized spacial score (nSPS) is 28.9. The average molecular weight is 272 g/mol. The monoisotopic (exact) mass is 272 g/mol. The van der Waals surface area contributed by atoms with E-state index in [-0.39, 0.29) is 5.92 Å². The quantitative estimate of drug-likeness (QED) is 0.774. The Balaban J connectivity index is 1.67. The largest absolute Gasteiger partial charge is 0.375 e. The van der Waals surface area contributed by atoms with Crippen molar-refractivity contribution in [3.63, 3.8) is 0 Å². The number of fused-ring (bicyclic) bond motifs is 2. The van der Waals surface area contributed by atoms with Gasteiger partial charge >= 0.3 is 0 Å². The van der Waals surface area contributed by atoms with Crippen LogP contribution < -0.4 is 0 Å². The number of carbonyl (C=O) groups is 1. The van der Waals surface area contributed by atoms with E-state index in [4.69, 9.17) is 4.74 Å². The van der Waals surface area contributed by atoms with Crippen molar-refractivity contribution in [2.75, 3.05) is 0 Å². The summed E-state index contributed by atoms with van der Waals surface area (Å²) in [5.74, 6) is 1.15. The highest BCUT2D eigenvalue weighted by Crippen LogP contribution is 2.37. The first-order valence-electron chi connectivity index (χ1n) is 7.90. The van der Waals surface area contributed by atoms with E-state index in [1.54, 1.807) is 0 Å². The van der Waals surface area contributed by atoms with Gasteiger partial charge in [0.15, 0.2) is 5.78 Å². The number of ether oxygens (including phenoxy) is 1. The third kappa shape index (κ3) is 2.95. The predicted molar refractivity (Wildman–Crippen MR) is 79.9 cm³/mol. The fraction of sp³-hybridized carbons (Fsp3) is 0.611. The molecule has 2 fully saturated rings. The van der Waals surface area contributed by atoms with Crippen molar-refractivity contribution in [1.82, 2.24) is 0 Å². The standard InChI is InChI=1S/C18H24O2/c1-12(2)9-13-3-5-14(6-4-13)18(19)15-10-16-7-8-17(11-15)20-16/h3-6,12,15-17H,7-11H2,1-2H3. The molecule has 2 unspecified atom stereocenters. The zero-order chi connectivity index (χ0) is 14.1. The second-order valence-electron chi connectivity index (χ2n) is 6.78. The molecule has 2 aliphatic rings. The average Bonchev–Trinajstić information content (AvgIpc) is 2.77. The summed E-state index contributed by atoms with van der Waals surface area (Å²) in [5.41, 5.74) is 2.20. The van der Waals surface area contributed by atoms with Crippen molar-refractivity contribution in [2.45, 2.75) is 58.2 Å². The Labute approximate surface area is 121 Å². The summed E-state index contributed by atoms with van der Waals surface area (Å²) in [4.78, 5) is 12.6. The maximum atomic E-state index is 12.6. The third-order valence-corrected chi connectivity index (χ3v) is 4.54. The highest BCUT2D eigenvalue weighted by atomic mass is 16.5. The van der Waals surface area contributed by atoms with E-state index in [0.717, 1.165) is 37.7 Å². The van der Waals surface area contributed by atoms with Crippen LogP contribution in [0.5, 0.6) is 0 Å². The van der Waals surface area contributed by atoms with Crippen LogP contribution in [-0.4, -0.2) is 18.0 Å². The number of hydrogen-bond donors (Lipinski definition) is 0. The van der Waals surface area contributed by atoms with Crippen molar-refractivity contribution in [3.05, 3.63) is 35.4 Å². The Hall–Kier alpha value is -1.15. The molecule has 0 aromatic heterocycles. The Morgan fingerprint density at radius 2 is 1.75 bits per heavy atom. The molecule has 2 aliphatic heterocycles. The Morgan fingerprint density at radius 3 is 2.30 bits per heavy atom. The molecule has 0 N–H and O–H groups in total. The second kappa shape index (κ2) is 5.69. The first kappa shape index (κ1) is 13.8. The highest BCUT2D eigenvalue weighted by molar-refractivity contribution is 5.98. The van der Waals surface area contributed by atoms with E-state index in [9.17, 15) is 4.79 Å². The number of carbonyl (C=O) groups excluding carboxylic acids is 1. The Morgan fingerprint density at radius 1 is 1.15 bits per heavy atom. The summed E-state index contributed by atoms with van der Waals surface area (Å²) in [6, 6.07) is 8.25. The molecule has 2 saturated heterocycles. The van der Waals surface area contributed by atoms with Crippen LogP contribution in [0.4, 0.5) is 0 Å². The van der Waals surface area contributed by atoms with Crippen molar-refractivity contribution in [2.24, 2.45) is 11.8 Å². The van der Waals surface area contributed by atoms with Gasteiger partial charge in [0.25, 0.3) is 0 Å². The van der Waals surface area contributed by atoms with Crippen LogP contribution in [0.25, 0.3) is 0 Å². The van der Waals surface area contributed by atoms with Gasteiger partial charge in [-0.25, -0.2) is 0 Å². The van der Waals surface area contributed by atoms with Gasteiger partial charge in [-0.2, -0.15) is 0 Å². The van der Waals surface area contributed by atoms with Crippen LogP contribution in [-0.2, 0) is 11.2 Å². The lowest BCUT2D eigenvalue weighted by atomic mass is 9.87. The summed E-state index contributed by atoms with van der Waals surface area (Å²) in [6.07, 6.45) is 5.87. The van der Waals surface area contributed by atoms with Gasteiger partial charge in [-0.05, 0) is 43.6 Å². The zero-order valence-electron chi connectivity index (χ0n) is 12.5. The van der Waals surface area contributed by atoms with Crippen LogP contribution in [0.2, 0.25) is 0 Å². The molecule has 2 heteroatoms. The van der Waals surface area contributed by atoms with E-state index in [1.807, 2.05) is 12.1 Å². The van der Waals surface area contributed by atoms with Gasteiger partial charge in [0, 0.05) is 11.5 Å². The maximum Gasteiger partial charge on any atom is 0.166 e. The second-order valence-corrected chi connectivity index (χ2v) is 6.78. The van der Waals surface area contributed by atoms with E-state index in [0.29, 0.717) is 23.9 Å². The number of ketones is 1. The first-order chi connectivity index (χ1) is 9.61. The lowest BCUT2D eigenvalue weighted by molar-refractivity contribution is -0.0149. The molecule has 0 amide bonds. The Kier molecular flexibility index (Phi) is 3.93. The van der Waals surface area contributed by atoms with Crippen LogP contribution in [0, 0.1) is 11.8 Å². The minimum Gasteiger partial charge on any atom is -0.375 e. The summed E-state index contributed by atoms with van der Waals surface area (Å²) >= 11 is 0. The van der Waals surface area contributed by atoms with Crippen LogP contribution in [0.15, 0.2) is 24.3 Å². The number of benzene rings is 1. The van der Waals surface area contributed by atoms with Crippen molar-refractivity contribution >= 4 is 5.78 Å². The minimum atomic E-state index is 0.178. The SMILES string of the molecule is CC(C)Cc1ccc(C(=O)C2CC3CCC(C2)O3)cc1. The van der Waals surface area contributed by atoms with Gasteiger partial charge in [0.2, 0.25) is 0 Å². The van der Waals surface area contributed by atoms with Crippen molar-refractivity contribution in [3.8, 4) is 0 Å². The summed E-state index contributed by atoms with van der Waals surface area (Å²) in [5, 5.41) is 0. The molecule has 20 heavy (non-hydrogen) atoms. The molecule has 2 heterocycles. The number of rotatable bonds is 4. The third-order valence-electron chi connectivity index (χ3n) is 4.54. The minimum absolute atomic E-state index is 0.178. The zero-order valence-corrected chi connectivity index (χ0v) is 12.5. The lowest BCUT2D eigenvalue weighted by Crippen LogP contribution is -2.30. The van der Waals surface area contributed by atoms with Crippen molar-refractivity contribution in [1.29, 1.82) is 0 Å². The topological polar surface area (TPSA) is 26.3 Å². The lowest BCUT2D eigenvalue weighted by Gasteiger charge is -2.27. The summed E-state index contributed by atoms with van der Waals surface area (Å²) in [7, 11) is 0. The molecule has 2 nitrogen and oxygen atoms in total. The van der Waals surface area contributed by atoms with Crippen LogP contribution in [0.3, 0.4) is 0 Å². The molecule has 108 valence electrons. The van der Waals surface area contributed by atoms with Crippen molar-refractivity contribution < 1.29 is 9.53 Å². The molecule has 0 radical (unpaired) electrons. The van der Waals surface area contributed by atoms with E-state index < -0.39 is 0 Å². The molecule has 2 bridgehead atoms. The highest BCUT2D eigenvalue weighted by Gasteiger charge is 2.38. The fourth-order valence-electron chi connectivity index (χ4n) is 3.58. The van der Waals surface area contributed by atoms with Gasteiger partial charge in [0.1, 0.15) is 0 Å². The first-order valence-corrected chi connectivity index (χ1v) is 7.90. The molecular weight excluding hydrogens is 248 g/mol. The smallest absolute Gasteiger partial charge is 0.166 e. The van der Waals surface area contributed by atoms with Gasteiger partial charge in [0.05, 0.1) is 12.2 Å². The van der Waals surface area contributed by atoms with Gasteiger partial charge in [-0.15, -0.1) is 0 Å². The molecule has 3 rings (SSSR count). The molecule has 0 aliphatic carbocycles. The molecule has 1 aromatic rings. The number of hydrogen-bond acceptors (Lipinski definition) is 2.